The maximum Gasteiger partial charge on any atom is 3.00 e. The molecule has 0 aliphatic rings. The Hall–Kier alpha value is -0.343. The van der Waals surface area contributed by atoms with Crippen molar-refractivity contribution in [2.24, 2.45) is 0 Å². The van der Waals surface area contributed by atoms with E-state index in [1.54, 1.807) is 0 Å². The Labute approximate surface area is 296 Å². The van der Waals surface area contributed by atoms with Gasteiger partial charge in [-0.2, -0.15) is 0 Å². The zero-order valence-electron chi connectivity index (χ0n) is 28.5. The maximum atomic E-state index is 10.1. The molecule has 0 saturated heterocycles. The largest absolute Gasteiger partial charge is 3.00 e. The minimum atomic E-state index is -0.909. The number of hydrogen-bond acceptors (Lipinski definition) is 6. The van der Waals surface area contributed by atoms with Crippen molar-refractivity contribution >= 4 is 17.9 Å². The van der Waals surface area contributed by atoms with Gasteiger partial charge in [0, 0.05) is 17.9 Å². The van der Waals surface area contributed by atoms with E-state index in [0.29, 0.717) is 0 Å². The van der Waals surface area contributed by atoms with E-state index in [-0.39, 0.29) is 56.6 Å². The average molecular weight is 765 g/mol. The van der Waals surface area contributed by atoms with Crippen molar-refractivity contribution in [1.82, 2.24) is 0 Å². The second kappa shape index (κ2) is 46.1. The molecule has 0 amide bonds. The normalized spacial score (nSPS) is 10.1. The fourth-order valence-electron chi connectivity index (χ4n) is 4.74. The second-order valence-corrected chi connectivity index (χ2v) is 11.9. The van der Waals surface area contributed by atoms with Crippen LogP contribution in [-0.2, 0) is 14.4 Å². The summed E-state index contributed by atoms with van der Waals surface area (Å²) < 4.78 is 0. The van der Waals surface area contributed by atoms with Gasteiger partial charge in [-0.15, -0.1) is 0 Å². The summed E-state index contributed by atoms with van der Waals surface area (Å²) in [6.45, 7) is 6.67. The van der Waals surface area contributed by atoms with Gasteiger partial charge >= 0.3 is 37.3 Å². The minimum absolute atomic E-state index is 0. The summed E-state index contributed by atoms with van der Waals surface area (Å²) in [5, 5.41) is 30.3. The zero-order chi connectivity index (χ0) is 31.9. The van der Waals surface area contributed by atoms with Gasteiger partial charge in [0.1, 0.15) is 0 Å². The smallest absolute Gasteiger partial charge is 0.550 e. The molecule has 0 aromatic rings. The van der Waals surface area contributed by atoms with Gasteiger partial charge in [0.15, 0.2) is 0 Å². The SMILES string of the molecule is CCCCCCCCCCCC(=O)[O-].CCCCCCCCCCCC(=O)[O-].CCCCCCCCCCCC(=O)[O-].[Er+3]. The monoisotopic (exact) mass is 763 g/mol. The summed E-state index contributed by atoms with van der Waals surface area (Å²) in [7, 11) is 0. The number of aliphatic carboxylic acids is 3. The summed E-state index contributed by atoms with van der Waals surface area (Å²) in [6, 6.07) is 0. The number of carboxylic acid groups (broad SMARTS) is 3. The van der Waals surface area contributed by atoms with Gasteiger partial charge in [0.2, 0.25) is 0 Å². The van der Waals surface area contributed by atoms with Crippen LogP contribution in [0.3, 0.4) is 0 Å². The molecule has 0 aromatic heterocycles. The molecule has 0 aliphatic carbocycles. The molecular weight excluding hydrogens is 696 g/mol. The third-order valence-electron chi connectivity index (χ3n) is 7.45. The first-order valence-corrected chi connectivity index (χ1v) is 17.9. The van der Waals surface area contributed by atoms with Gasteiger partial charge in [-0.25, -0.2) is 0 Å². The van der Waals surface area contributed by atoms with Gasteiger partial charge in [-0.05, 0) is 38.5 Å². The molecular formula is C36H69ErO6. The molecule has 0 heterocycles. The maximum absolute atomic E-state index is 10.1. The van der Waals surface area contributed by atoms with Crippen LogP contribution in [0.4, 0.5) is 0 Å². The Bertz CT molecular complexity index is 480. The number of carbonyl (C=O) groups is 3. The van der Waals surface area contributed by atoms with Gasteiger partial charge in [0.05, 0.1) is 0 Å². The van der Waals surface area contributed by atoms with E-state index in [4.69, 9.17) is 0 Å². The van der Waals surface area contributed by atoms with E-state index >= 15 is 0 Å². The number of carbonyl (C=O) groups excluding carboxylic acids is 3. The predicted molar refractivity (Wildman–Crippen MR) is 171 cm³/mol. The van der Waals surface area contributed by atoms with E-state index in [0.717, 1.165) is 38.5 Å². The van der Waals surface area contributed by atoms with Crippen LogP contribution in [0.5, 0.6) is 0 Å². The second-order valence-electron chi connectivity index (χ2n) is 11.9. The fraction of sp³-hybridized carbons (Fsp3) is 0.917. The zero-order valence-corrected chi connectivity index (χ0v) is 30.3. The topological polar surface area (TPSA) is 120 Å². The Balaban J connectivity index is -0.000000262. The number of rotatable bonds is 30. The van der Waals surface area contributed by atoms with Crippen LogP contribution in [0.1, 0.15) is 213 Å². The quantitative estimate of drug-likeness (QED) is 0.0685. The third kappa shape index (κ3) is 61.4. The molecule has 1 radical (unpaired) electrons. The van der Waals surface area contributed by atoms with Crippen LogP contribution in [0.15, 0.2) is 0 Å². The third-order valence-corrected chi connectivity index (χ3v) is 7.45. The summed E-state index contributed by atoms with van der Waals surface area (Å²) >= 11 is 0. The molecule has 0 spiro atoms. The van der Waals surface area contributed by atoms with Gasteiger partial charge in [-0.3, -0.25) is 0 Å². The summed E-state index contributed by atoms with van der Waals surface area (Å²) in [5.41, 5.74) is 0. The molecule has 0 unspecified atom stereocenters. The van der Waals surface area contributed by atoms with E-state index in [1.165, 1.54) is 135 Å². The van der Waals surface area contributed by atoms with Gasteiger partial charge < -0.3 is 29.7 Å². The number of unbranched alkanes of at least 4 members (excludes halogenated alkanes) is 24. The van der Waals surface area contributed by atoms with Crippen LogP contribution in [-0.4, -0.2) is 17.9 Å². The Morgan fingerprint density at radius 1 is 0.302 bits per heavy atom. The molecule has 0 bridgehead atoms. The van der Waals surface area contributed by atoms with E-state index in [2.05, 4.69) is 20.8 Å². The minimum Gasteiger partial charge on any atom is -0.550 e. The van der Waals surface area contributed by atoms with Crippen LogP contribution in [0.25, 0.3) is 0 Å². The van der Waals surface area contributed by atoms with Gasteiger partial charge in [-0.1, -0.05) is 175 Å². The van der Waals surface area contributed by atoms with Crippen molar-refractivity contribution in [2.45, 2.75) is 213 Å². The average Bonchev–Trinajstić information content (AvgIpc) is 2.95. The van der Waals surface area contributed by atoms with Crippen LogP contribution < -0.4 is 15.3 Å². The summed E-state index contributed by atoms with van der Waals surface area (Å²) in [4.78, 5) is 30.3. The predicted octanol–water partition coefficient (Wildman–Crippen LogP) is 7.97. The molecule has 0 aromatic carbocycles. The molecule has 0 rings (SSSR count). The van der Waals surface area contributed by atoms with Crippen molar-refractivity contribution in [3.05, 3.63) is 0 Å². The summed E-state index contributed by atoms with van der Waals surface area (Å²) in [6.07, 6.45) is 33.5. The molecule has 0 N–H and O–H groups in total. The Kier molecular flexibility index (Phi) is 53.1. The first-order valence-electron chi connectivity index (χ1n) is 17.9. The van der Waals surface area contributed by atoms with Crippen molar-refractivity contribution in [2.75, 3.05) is 0 Å². The van der Waals surface area contributed by atoms with Gasteiger partial charge in [0.25, 0.3) is 0 Å². The van der Waals surface area contributed by atoms with Crippen LogP contribution >= 0.6 is 0 Å². The first kappa shape index (κ1) is 49.5. The van der Waals surface area contributed by atoms with E-state index < -0.39 is 17.9 Å². The Morgan fingerprint density at radius 3 is 0.581 bits per heavy atom. The van der Waals surface area contributed by atoms with Crippen molar-refractivity contribution in [3.63, 3.8) is 0 Å². The molecule has 0 atom stereocenters. The Morgan fingerprint density at radius 2 is 0.442 bits per heavy atom. The van der Waals surface area contributed by atoms with E-state index in [1.807, 2.05) is 0 Å². The molecule has 0 fully saturated rings. The van der Waals surface area contributed by atoms with Crippen LogP contribution in [0.2, 0.25) is 0 Å². The molecule has 7 heteroatoms. The molecule has 43 heavy (non-hydrogen) atoms. The van der Waals surface area contributed by atoms with E-state index in [9.17, 15) is 29.7 Å². The molecule has 6 nitrogen and oxygen atoms in total. The summed E-state index contributed by atoms with van der Waals surface area (Å²) in [5.74, 6) is -2.73. The first-order chi connectivity index (χ1) is 20.3. The fourth-order valence-corrected chi connectivity index (χ4v) is 4.74. The standard InChI is InChI=1S/3C12H24O2.Er/c3*1-2-3-4-5-6-7-8-9-10-11-12(13)14;/h3*2-11H2,1H3,(H,13,14);/q;;;+3/p-3. The molecule has 0 aliphatic heterocycles. The number of carboxylic acids is 3. The van der Waals surface area contributed by atoms with Crippen molar-refractivity contribution in [1.29, 1.82) is 0 Å². The van der Waals surface area contributed by atoms with Crippen LogP contribution in [0, 0.1) is 37.3 Å². The van der Waals surface area contributed by atoms with Crippen molar-refractivity contribution in [3.8, 4) is 0 Å². The van der Waals surface area contributed by atoms with Crippen molar-refractivity contribution < 1.29 is 67.0 Å². The molecule has 261 valence electrons. The number of hydrogen-bond donors (Lipinski definition) is 0. The molecule has 0 saturated carbocycles.